The molecule has 0 saturated carbocycles. The number of hydrogen-bond donors (Lipinski definition) is 2. The van der Waals surface area contributed by atoms with Gasteiger partial charge in [0.05, 0.1) is 12.2 Å². The summed E-state index contributed by atoms with van der Waals surface area (Å²) in [6.07, 6.45) is 0. The van der Waals surface area contributed by atoms with Crippen molar-refractivity contribution in [2.45, 2.75) is 6.92 Å². The molecule has 0 saturated heterocycles. The molecule has 2 N–H and O–H groups in total. The Kier molecular flexibility index (Phi) is 3.13. The smallest absolute Gasteiger partial charge is 0.343 e. The number of esters is 1. The molecule has 0 amide bonds. The first-order valence-corrected chi connectivity index (χ1v) is 4.24. The first kappa shape index (κ1) is 10.9. The lowest BCUT2D eigenvalue weighted by Crippen LogP contribution is -2.07. The van der Waals surface area contributed by atoms with E-state index in [-0.39, 0.29) is 17.7 Å². The second kappa shape index (κ2) is 4.33. The molecule has 15 heavy (non-hydrogen) atoms. The number of hydrogen-bond acceptors (Lipinski definition) is 5. The van der Waals surface area contributed by atoms with Gasteiger partial charge in [-0.15, -0.1) is 0 Å². The van der Waals surface area contributed by atoms with E-state index in [9.17, 15) is 9.90 Å². The van der Waals surface area contributed by atoms with E-state index in [0.29, 0.717) is 0 Å². The normalized spacial score (nSPS) is 9.33. The van der Waals surface area contributed by atoms with Gasteiger partial charge in [-0.2, -0.15) is 5.26 Å². The maximum Gasteiger partial charge on any atom is 0.343 e. The summed E-state index contributed by atoms with van der Waals surface area (Å²) in [5.41, 5.74) is -0.344. The van der Waals surface area contributed by atoms with Crippen LogP contribution in [-0.4, -0.2) is 22.8 Å². The lowest BCUT2D eigenvalue weighted by molar-refractivity contribution is 0.0522. The van der Waals surface area contributed by atoms with Crippen LogP contribution in [0.4, 0.5) is 0 Å². The Balaban J connectivity index is 3.31. The molecule has 78 valence electrons. The number of ether oxygens (including phenoxy) is 1. The van der Waals surface area contributed by atoms with Gasteiger partial charge in [0.1, 0.15) is 11.6 Å². The molecule has 0 atom stereocenters. The molecule has 0 aliphatic rings. The van der Waals surface area contributed by atoms with E-state index in [4.69, 9.17) is 10.4 Å². The lowest BCUT2D eigenvalue weighted by Gasteiger charge is -2.06. The summed E-state index contributed by atoms with van der Waals surface area (Å²) in [5.74, 6) is -1.92. The summed E-state index contributed by atoms with van der Waals surface area (Å²) in [7, 11) is 0. The van der Waals surface area contributed by atoms with Crippen LogP contribution in [0.3, 0.4) is 0 Å². The van der Waals surface area contributed by atoms with E-state index in [0.717, 1.165) is 6.07 Å². The molecule has 0 aliphatic heterocycles. The molecule has 0 spiro atoms. The molecular weight excluding hydrogens is 198 g/mol. The van der Waals surface area contributed by atoms with Crippen molar-refractivity contribution < 1.29 is 19.7 Å². The topological polar surface area (TPSA) is 90.6 Å². The number of carbonyl (C=O) groups excluding carboxylic acids is 1. The van der Waals surface area contributed by atoms with E-state index < -0.39 is 17.5 Å². The third kappa shape index (κ3) is 1.99. The highest BCUT2D eigenvalue weighted by molar-refractivity contribution is 5.96. The van der Waals surface area contributed by atoms with Crippen LogP contribution in [0.2, 0.25) is 0 Å². The number of phenolic OH excluding ortho intramolecular Hbond substituents is 2. The number of benzene rings is 1. The van der Waals surface area contributed by atoms with Gasteiger partial charge < -0.3 is 14.9 Å². The zero-order valence-electron chi connectivity index (χ0n) is 8.02. The van der Waals surface area contributed by atoms with Crippen molar-refractivity contribution in [3.63, 3.8) is 0 Å². The largest absolute Gasteiger partial charge is 0.504 e. The fraction of sp³-hybridized carbons (Fsp3) is 0.200. The average Bonchev–Trinajstić information content (AvgIpc) is 2.22. The zero-order chi connectivity index (χ0) is 11.4. The Morgan fingerprint density at radius 2 is 2.20 bits per heavy atom. The molecule has 0 aliphatic carbocycles. The van der Waals surface area contributed by atoms with Gasteiger partial charge in [0.2, 0.25) is 0 Å². The molecule has 0 bridgehead atoms. The summed E-state index contributed by atoms with van der Waals surface area (Å²) in [5, 5.41) is 27.3. The molecule has 1 rings (SSSR count). The summed E-state index contributed by atoms with van der Waals surface area (Å²) in [6, 6.07) is 4.10. The lowest BCUT2D eigenvalue weighted by atomic mass is 10.1. The Labute approximate surface area is 86.1 Å². The minimum atomic E-state index is -0.831. The van der Waals surface area contributed by atoms with E-state index in [1.54, 1.807) is 13.0 Å². The zero-order valence-corrected chi connectivity index (χ0v) is 8.02. The van der Waals surface area contributed by atoms with Crippen LogP contribution >= 0.6 is 0 Å². The van der Waals surface area contributed by atoms with Gasteiger partial charge in [0.25, 0.3) is 0 Å². The van der Waals surface area contributed by atoms with Crippen molar-refractivity contribution in [1.82, 2.24) is 0 Å². The predicted octanol–water partition coefficient (Wildman–Crippen LogP) is 1.15. The Morgan fingerprint density at radius 3 is 2.73 bits per heavy atom. The first-order valence-electron chi connectivity index (χ1n) is 4.24. The SMILES string of the molecule is CCOC(=O)c1c(C#N)ccc(O)c1O. The summed E-state index contributed by atoms with van der Waals surface area (Å²) in [6.45, 7) is 1.72. The Bertz CT molecular complexity index is 434. The van der Waals surface area contributed by atoms with Crippen LogP contribution < -0.4 is 0 Å². The first-order chi connectivity index (χ1) is 7.11. The van der Waals surface area contributed by atoms with E-state index in [2.05, 4.69) is 4.74 Å². The van der Waals surface area contributed by atoms with Gasteiger partial charge in [0, 0.05) is 0 Å². The standard InChI is InChI=1S/C10H9NO4/c1-2-15-10(14)8-6(5-11)3-4-7(12)9(8)13/h3-4,12-13H,2H2,1H3. The van der Waals surface area contributed by atoms with Crippen molar-refractivity contribution in [3.8, 4) is 17.6 Å². The molecule has 5 nitrogen and oxygen atoms in total. The monoisotopic (exact) mass is 207 g/mol. The maximum absolute atomic E-state index is 11.4. The van der Waals surface area contributed by atoms with Gasteiger partial charge in [-0.1, -0.05) is 0 Å². The number of rotatable bonds is 2. The number of aromatic hydroxyl groups is 2. The van der Waals surface area contributed by atoms with E-state index >= 15 is 0 Å². The van der Waals surface area contributed by atoms with Crippen molar-refractivity contribution >= 4 is 5.97 Å². The second-order valence-electron chi connectivity index (χ2n) is 2.69. The fourth-order valence-corrected chi connectivity index (χ4v) is 1.08. The minimum absolute atomic E-state index is 0.0382. The molecule has 0 heterocycles. The van der Waals surface area contributed by atoms with Crippen LogP contribution in [0, 0.1) is 11.3 Å². The number of nitriles is 1. The molecular formula is C10H9NO4. The Hall–Kier alpha value is -2.22. The molecule has 0 unspecified atom stereocenters. The fourth-order valence-electron chi connectivity index (χ4n) is 1.08. The molecule has 5 heteroatoms. The average molecular weight is 207 g/mol. The van der Waals surface area contributed by atoms with Crippen molar-refractivity contribution in [2.75, 3.05) is 6.61 Å². The predicted molar refractivity (Wildman–Crippen MR) is 50.4 cm³/mol. The van der Waals surface area contributed by atoms with E-state index in [1.807, 2.05) is 0 Å². The highest BCUT2D eigenvalue weighted by Crippen LogP contribution is 2.31. The van der Waals surface area contributed by atoms with E-state index in [1.165, 1.54) is 6.07 Å². The quantitative estimate of drug-likeness (QED) is 0.560. The molecule has 1 aromatic carbocycles. The highest BCUT2D eigenvalue weighted by atomic mass is 16.5. The highest BCUT2D eigenvalue weighted by Gasteiger charge is 2.20. The van der Waals surface area contributed by atoms with Crippen LogP contribution in [0.15, 0.2) is 12.1 Å². The van der Waals surface area contributed by atoms with Gasteiger partial charge in [-0.3, -0.25) is 0 Å². The van der Waals surface area contributed by atoms with Crippen molar-refractivity contribution in [2.24, 2.45) is 0 Å². The van der Waals surface area contributed by atoms with Crippen LogP contribution in [0.5, 0.6) is 11.5 Å². The van der Waals surface area contributed by atoms with Crippen molar-refractivity contribution in [1.29, 1.82) is 5.26 Å². The van der Waals surface area contributed by atoms with Gasteiger partial charge in [-0.05, 0) is 19.1 Å². The third-order valence-electron chi connectivity index (χ3n) is 1.76. The second-order valence-corrected chi connectivity index (χ2v) is 2.69. The molecule has 0 radical (unpaired) electrons. The molecule has 0 fully saturated rings. The maximum atomic E-state index is 11.4. The number of nitrogens with zero attached hydrogens (tertiary/aromatic N) is 1. The third-order valence-corrected chi connectivity index (χ3v) is 1.76. The van der Waals surface area contributed by atoms with Crippen LogP contribution in [0.1, 0.15) is 22.8 Å². The summed E-state index contributed by atoms with van der Waals surface area (Å²) < 4.78 is 4.65. The summed E-state index contributed by atoms with van der Waals surface area (Å²) in [4.78, 5) is 11.4. The number of phenols is 2. The molecule has 0 aromatic heterocycles. The molecule has 1 aromatic rings. The van der Waals surface area contributed by atoms with Gasteiger partial charge >= 0.3 is 5.97 Å². The van der Waals surface area contributed by atoms with Crippen LogP contribution in [-0.2, 0) is 4.74 Å². The van der Waals surface area contributed by atoms with Gasteiger partial charge in [0.15, 0.2) is 11.5 Å². The summed E-state index contributed by atoms with van der Waals surface area (Å²) >= 11 is 0. The minimum Gasteiger partial charge on any atom is -0.504 e. The Morgan fingerprint density at radius 1 is 1.53 bits per heavy atom. The van der Waals surface area contributed by atoms with Crippen LogP contribution in [0.25, 0.3) is 0 Å². The van der Waals surface area contributed by atoms with Gasteiger partial charge in [-0.25, -0.2) is 4.79 Å². The number of carbonyl (C=O) groups is 1. The van der Waals surface area contributed by atoms with Crippen molar-refractivity contribution in [3.05, 3.63) is 23.3 Å².